The predicted molar refractivity (Wildman–Crippen MR) is 106 cm³/mol. The Hall–Kier alpha value is -2.68. The smallest absolute Gasteiger partial charge is 0.417 e. The molecule has 0 aliphatic carbocycles. The average molecular weight is 444 g/mol. The summed E-state index contributed by atoms with van der Waals surface area (Å²) in [5.41, 5.74) is 0.00503. The predicted octanol–water partition coefficient (Wildman–Crippen LogP) is 5.09. The topological polar surface area (TPSA) is 81.2 Å². The third-order valence-electron chi connectivity index (χ3n) is 4.04. The zero-order valence-corrected chi connectivity index (χ0v) is 17.4. The lowest BCUT2D eigenvalue weighted by Gasteiger charge is -2.14. The Morgan fingerprint density at radius 1 is 1.27 bits per heavy atom. The molecule has 2 heterocycles. The highest BCUT2D eigenvalue weighted by molar-refractivity contribution is 6.31. The molecule has 1 atom stereocenters. The fourth-order valence-corrected chi connectivity index (χ4v) is 2.75. The van der Waals surface area contributed by atoms with Crippen molar-refractivity contribution >= 4 is 29.1 Å². The van der Waals surface area contributed by atoms with E-state index < -0.39 is 11.7 Å². The number of nitrogens with one attached hydrogen (secondary N) is 1. The maximum Gasteiger partial charge on any atom is 0.417 e. The Balaban J connectivity index is 1.99. The van der Waals surface area contributed by atoms with E-state index in [1.165, 1.54) is 6.07 Å². The molecule has 1 amide bonds. The molecule has 0 unspecified atom stereocenters. The highest BCUT2D eigenvalue weighted by atomic mass is 35.5. The Kier molecular flexibility index (Phi) is 7.77. The third kappa shape index (κ3) is 6.69. The lowest BCUT2D eigenvalue weighted by molar-refractivity contribution is -0.137. The highest BCUT2D eigenvalue weighted by Crippen LogP contribution is 2.33. The summed E-state index contributed by atoms with van der Waals surface area (Å²) in [7, 11) is 0. The van der Waals surface area contributed by atoms with Crippen LogP contribution in [0.25, 0.3) is 0 Å². The molecule has 6 nitrogen and oxygen atoms in total. The quantitative estimate of drug-likeness (QED) is 0.574. The van der Waals surface area contributed by atoms with Crippen molar-refractivity contribution in [3.63, 3.8) is 0 Å². The first kappa shape index (κ1) is 23.6. The number of hydrogen-bond acceptors (Lipinski definition) is 5. The summed E-state index contributed by atoms with van der Waals surface area (Å²) < 4.78 is 43.4. The van der Waals surface area contributed by atoms with E-state index in [9.17, 15) is 22.8 Å². The van der Waals surface area contributed by atoms with Gasteiger partial charge in [-0.2, -0.15) is 13.2 Å². The molecule has 0 aromatic carbocycles. The zero-order chi connectivity index (χ0) is 22.5. The second-order valence-electron chi connectivity index (χ2n) is 6.84. The number of carbonyl (C=O) groups excluding carboxylic acids is 2. The number of aryl methyl sites for hydroxylation is 1. The Bertz CT molecular complexity index is 935. The van der Waals surface area contributed by atoms with E-state index in [1.807, 2.05) is 0 Å². The van der Waals surface area contributed by atoms with Crippen LogP contribution in [0.15, 0.2) is 24.4 Å². The van der Waals surface area contributed by atoms with Gasteiger partial charge in [-0.25, -0.2) is 9.97 Å². The molecule has 162 valence electrons. The Morgan fingerprint density at radius 2 is 1.97 bits per heavy atom. The molecule has 30 heavy (non-hydrogen) atoms. The third-order valence-corrected chi connectivity index (χ3v) is 4.31. The molecule has 0 saturated heterocycles. The second-order valence-corrected chi connectivity index (χ2v) is 7.24. The minimum atomic E-state index is -4.55. The Labute approximate surface area is 176 Å². The fraction of sp³-hybridized carbons (Fsp3) is 0.400. The van der Waals surface area contributed by atoms with Crippen LogP contribution in [0.3, 0.4) is 0 Å². The fourth-order valence-electron chi connectivity index (χ4n) is 2.53. The molecule has 0 spiro atoms. The number of ether oxygens (including phenoxy) is 1. The van der Waals surface area contributed by atoms with Crippen LogP contribution in [-0.2, 0) is 11.0 Å². The minimum Gasteiger partial charge on any atom is -0.476 e. The van der Waals surface area contributed by atoms with E-state index in [-0.39, 0.29) is 48.0 Å². The number of aromatic nitrogens is 2. The lowest BCUT2D eigenvalue weighted by atomic mass is 10.0. The van der Waals surface area contributed by atoms with Crippen molar-refractivity contribution in [1.29, 1.82) is 0 Å². The second kappa shape index (κ2) is 9.88. The van der Waals surface area contributed by atoms with E-state index in [0.717, 1.165) is 6.07 Å². The van der Waals surface area contributed by atoms with Gasteiger partial charge < -0.3 is 10.1 Å². The summed E-state index contributed by atoms with van der Waals surface area (Å²) in [6.07, 6.45) is -3.51. The van der Waals surface area contributed by atoms with Gasteiger partial charge in [-0.3, -0.25) is 9.59 Å². The SMILES string of the molecule is CCC(=O)Nc1cc(C(=O)C[C@H](C)COc2ncc(C(F)(F)F)cc2Cl)cc(C)n1. The number of amides is 1. The van der Waals surface area contributed by atoms with Crippen LogP contribution in [0.5, 0.6) is 5.88 Å². The lowest BCUT2D eigenvalue weighted by Crippen LogP contribution is -2.16. The van der Waals surface area contributed by atoms with Gasteiger partial charge >= 0.3 is 6.18 Å². The number of hydrogen-bond donors (Lipinski definition) is 1. The highest BCUT2D eigenvalue weighted by Gasteiger charge is 2.31. The number of rotatable bonds is 8. The van der Waals surface area contributed by atoms with E-state index in [1.54, 1.807) is 26.8 Å². The molecule has 0 aliphatic heterocycles. The van der Waals surface area contributed by atoms with Crippen molar-refractivity contribution in [2.75, 3.05) is 11.9 Å². The molecule has 2 aromatic heterocycles. The van der Waals surface area contributed by atoms with Crippen LogP contribution in [0.2, 0.25) is 5.02 Å². The molecule has 0 aliphatic rings. The summed E-state index contributed by atoms with van der Waals surface area (Å²) >= 11 is 5.81. The zero-order valence-electron chi connectivity index (χ0n) is 16.6. The first-order chi connectivity index (χ1) is 14.0. The average Bonchev–Trinajstić information content (AvgIpc) is 2.65. The monoisotopic (exact) mass is 443 g/mol. The minimum absolute atomic E-state index is 0.0350. The van der Waals surface area contributed by atoms with Gasteiger partial charge in [0.05, 0.1) is 12.2 Å². The van der Waals surface area contributed by atoms with Gasteiger partial charge in [-0.15, -0.1) is 0 Å². The molecule has 0 bridgehead atoms. The van der Waals surface area contributed by atoms with Crippen molar-refractivity contribution in [3.05, 3.63) is 46.2 Å². The van der Waals surface area contributed by atoms with E-state index in [2.05, 4.69) is 15.3 Å². The van der Waals surface area contributed by atoms with Gasteiger partial charge in [0.2, 0.25) is 11.8 Å². The summed E-state index contributed by atoms with van der Waals surface area (Å²) in [6, 6.07) is 3.86. The summed E-state index contributed by atoms with van der Waals surface area (Å²) in [4.78, 5) is 31.9. The molecule has 10 heteroatoms. The maximum absolute atomic E-state index is 12.7. The van der Waals surface area contributed by atoms with Crippen molar-refractivity contribution in [2.45, 2.75) is 39.8 Å². The number of anilines is 1. The first-order valence-corrected chi connectivity index (χ1v) is 9.54. The number of Topliss-reactive ketones (excluding diaryl/α,β-unsaturated/α-hetero) is 1. The number of ketones is 1. The normalized spacial score (nSPS) is 12.4. The van der Waals surface area contributed by atoms with Gasteiger partial charge in [0.1, 0.15) is 10.8 Å². The van der Waals surface area contributed by atoms with Gasteiger partial charge in [-0.1, -0.05) is 25.4 Å². The molecular formula is C20H21ClF3N3O3. The molecule has 2 aromatic rings. The number of halogens is 4. The van der Waals surface area contributed by atoms with Gasteiger partial charge in [-0.05, 0) is 31.0 Å². The molecule has 2 rings (SSSR count). The number of nitrogens with zero attached hydrogens (tertiary/aromatic N) is 2. The number of carbonyl (C=O) groups is 2. The van der Waals surface area contributed by atoms with Crippen LogP contribution in [0.1, 0.15) is 48.3 Å². The van der Waals surface area contributed by atoms with Crippen LogP contribution < -0.4 is 10.1 Å². The number of pyridine rings is 2. The summed E-state index contributed by atoms with van der Waals surface area (Å²) in [5, 5.41) is 2.36. The van der Waals surface area contributed by atoms with E-state index >= 15 is 0 Å². The van der Waals surface area contributed by atoms with Crippen molar-refractivity contribution in [3.8, 4) is 5.88 Å². The van der Waals surface area contributed by atoms with Gasteiger partial charge in [0.15, 0.2) is 5.78 Å². The van der Waals surface area contributed by atoms with Crippen LogP contribution in [0.4, 0.5) is 19.0 Å². The van der Waals surface area contributed by atoms with Gasteiger partial charge in [0, 0.05) is 30.3 Å². The van der Waals surface area contributed by atoms with E-state index in [4.69, 9.17) is 16.3 Å². The van der Waals surface area contributed by atoms with Crippen LogP contribution in [-0.4, -0.2) is 28.3 Å². The molecule has 0 radical (unpaired) electrons. The Morgan fingerprint density at radius 3 is 2.57 bits per heavy atom. The van der Waals surface area contributed by atoms with Crippen molar-refractivity contribution in [2.24, 2.45) is 5.92 Å². The first-order valence-electron chi connectivity index (χ1n) is 9.16. The molecule has 0 fully saturated rings. The van der Waals surface area contributed by atoms with E-state index in [0.29, 0.717) is 23.3 Å². The maximum atomic E-state index is 12.7. The van der Waals surface area contributed by atoms with Crippen molar-refractivity contribution in [1.82, 2.24) is 9.97 Å². The van der Waals surface area contributed by atoms with Crippen LogP contribution >= 0.6 is 11.6 Å². The summed E-state index contributed by atoms with van der Waals surface area (Å²) in [6.45, 7) is 5.21. The molecule has 1 N–H and O–H groups in total. The van der Waals surface area contributed by atoms with Crippen LogP contribution in [0, 0.1) is 12.8 Å². The van der Waals surface area contributed by atoms with Crippen molar-refractivity contribution < 1.29 is 27.5 Å². The summed E-state index contributed by atoms with van der Waals surface area (Å²) in [5.74, 6) is -0.493. The number of alkyl halides is 3. The molecular weight excluding hydrogens is 423 g/mol. The van der Waals surface area contributed by atoms with Gasteiger partial charge in [0.25, 0.3) is 0 Å². The largest absolute Gasteiger partial charge is 0.476 e. The molecule has 0 saturated carbocycles. The standard InChI is InChI=1S/C20H21ClF3N3O3/c1-4-18(29)27-17-7-13(6-12(3)26-17)16(28)5-11(2)10-30-19-15(21)8-14(9-25-19)20(22,23)24/h6-9,11H,4-5,10H2,1-3H3,(H,26,27,29)/t11-/m0/s1.